The van der Waals surface area contributed by atoms with E-state index >= 15 is 0 Å². The molecule has 0 aliphatic carbocycles. The summed E-state index contributed by atoms with van der Waals surface area (Å²) in [4.78, 5) is 11.1. The SMILES string of the molecule is COc1cc(C(c2ccc(F)c(OC)c2)[C@H](C)OC[C@@](C)(N)C=O)ccc1F. The Morgan fingerprint density at radius 2 is 1.50 bits per heavy atom. The molecule has 0 saturated carbocycles. The highest BCUT2D eigenvalue weighted by atomic mass is 19.1. The normalized spacial score (nSPS) is 14.4. The number of aldehydes is 1. The molecular weight excluding hydrogens is 368 g/mol. The van der Waals surface area contributed by atoms with Crippen LogP contribution in [0.25, 0.3) is 0 Å². The van der Waals surface area contributed by atoms with Crippen molar-refractivity contribution >= 4 is 6.29 Å². The highest BCUT2D eigenvalue weighted by Crippen LogP contribution is 2.35. The van der Waals surface area contributed by atoms with Gasteiger partial charge in [-0.2, -0.15) is 0 Å². The summed E-state index contributed by atoms with van der Waals surface area (Å²) in [6, 6.07) is 8.95. The largest absolute Gasteiger partial charge is 0.494 e. The van der Waals surface area contributed by atoms with Crippen LogP contribution in [0.2, 0.25) is 0 Å². The van der Waals surface area contributed by atoms with Crippen LogP contribution >= 0.6 is 0 Å². The summed E-state index contributed by atoms with van der Waals surface area (Å²) in [5.41, 5.74) is 6.10. The lowest BCUT2D eigenvalue weighted by atomic mass is 9.86. The number of hydrogen-bond donors (Lipinski definition) is 1. The molecule has 0 aromatic heterocycles. The van der Waals surface area contributed by atoms with Crippen LogP contribution < -0.4 is 15.2 Å². The van der Waals surface area contributed by atoms with E-state index in [-0.39, 0.29) is 18.1 Å². The summed E-state index contributed by atoms with van der Waals surface area (Å²) in [5, 5.41) is 0. The quantitative estimate of drug-likeness (QED) is 0.661. The summed E-state index contributed by atoms with van der Waals surface area (Å²) in [6.45, 7) is 3.35. The molecule has 2 aromatic carbocycles. The highest BCUT2D eigenvalue weighted by molar-refractivity contribution is 5.63. The van der Waals surface area contributed by atoms with Crippen LogP contribution in [0.4, 0.5) is 8.78 Å². The number of carbonyl (C=O) groups excluding carboxylic acids is 1. The van der Waals surface area contributed by atoms with Gasteiger partial charge in [-0.3, -0.25) is 0 Å². The maximum Gasteiger partial charge on any atom is 0.165 e. The van der Waals surface area contributed by atoms with Crippen molar-refractivity contribution in [2.24, 2.45) is 5.73 Å². The van der Waals surface area contributed by atoms with E-state index in [2.05, 4.69) is 0 Å². The van der Waals surface area contributed by atoms with E-state index in [9.17, 15) is 13.6 Å². The lowest BCUT2D eigenvalue weighted by Crippen LogP contribution is -2.44. The number of hydrogen-bond acceptors (Lipinski definition) is 5. The third-order valence-corrected chi connectivity index (χ3v) is 4.46. The Labute approximate surface area is 163 Å². The van der Waals surface area contributed by atoms with Gasteiger partial charge in [0.25, 0.3) is 0 Å². The van der Waals surface area contributed by atoms with Crippen LogP contribution in [0.1, 0.15) is 30.9 Å². The van der Waals surface area contributed by atoms with Gasteiger partial charge in [0.2, 0.25) is 0 Å². The number of methoxy groups -OCH3 is 2. The Balaban J connectivity index is 2.47. The van der Waals surface area contributed by atoms with Gasteiger partial charge in [-0.25, -0.2) is 8.78 Å². The van der Waals surface area contributed by atoms with E-state index in [1.807, 2.05) is 0 Å². The Morgan fingerprint density at radius 3 is 1.89 bits per heavy atom. The lowest BCUT2D eigenvalue weighted by molar-refractivity contribution is -0.114. The van der Waals surface area contributed by atoms with E-state index in [0.717, 1.165) is 0 Å². The van der Waals surface area contributed by atoms with Crippen molar-refractivity contribution in [1.29, 1.82) is 0 Å². The molecule has 0 aliphatic rings. The van der Waals surface area contributed by atoms with Crippen molar-refractivity contribution in [3.63, 3.8) is 0 Å². The number of nitrogens with two attached hydrogens (primary N) is 1. The van der Waals surface area contributed by atoms with Gasteiger partial charge in [-0.05, 0) is 49.2 Å². The van der Waals surface area contributed by atoms with Gasteiger partial charge in [-0.1, -0.05) is 12.1 Å². The van der Waals surface area contributed by atoms with Crippen LogP contribution in [0.5, 0.6) is 11.5 Å². The number of rotatable bonds is 9. The van der Waals surface area contributed by atoms with Crippen molar-refractivity contribution in [3.8, 4) is 11.5 Å². The Morgan fingerprint density at radius 1 is 1.04 bits per heavy atom. The predicted molar refractivity (Wildman–Crippen MR) is 102 cm³/mol. The summed E-state index contributed by atoms with van der Waals surface area (Å²) in [5.74, 6) is -1.23. The van der Waals surface area contributed by atoms with Crippen LogP contribution in [-0.4, -0.2) is 38.8 Å². The van der Waals surface area contributed by atoms with Gasteiger partial charge in [0, 0.05) is 5.92 Å². The highest BCUT2D eigenvalue weighted by Gasteiger charge is 2.27. The average molecular weight is 393 g/mol. The van der Waals surface area contributed by atoms with E-state index in [0.29, 0.717) is 17.4 Å². The first kappa shape index (κ1) is 21.8. The van der Waals surface area contributed by atoms with Crippen LogP contribution in [0.3, 0.4) is 0 Å². The van der Waals surface area contributed by atoms with Gasteiger partial charge < -0.3 is 24.7 Å². The molecule has 2 N–H and O–H groups in total. The van der Waals surface area contributed by atoms with Gasteiger partial charge in [-0.15, -0.1) is 0 Å². The Kier molecular flexibility index (Phi) is 7.10. The van der Waals surface area contributed by atoms with E-state index in [4.69, 9.17) is 19.9 Å². The third kappa shape index (κ3) is 5.05. The monoisotopic (exact) mass is 393 g/mol. The fourth-order valence-electron chi connectivity index (χ4n) is 2.92. The molecule has 5 nitrogen and oxygen atoms in total. The fourth-order valence-corrected chi connectivity index (χ4v) is 2.92. The summed E-state index contributed by atoms with van der Waals surface area (Å²) < 4.78 is 43.8. The van der Waals surface area contributed by atoms with E-state index in [1.54, 1.807) is 38.1 Å². The molecule has 0 amide bonds. The van der Waals surface area contributed by atoms with Crippen LogP contribution in [0, 0.1) is 11.6 Å². The number of benzene rings is 2. The molecule has 28 heavy (non-hydrogen) atoms. The molecular formula is C21H25F2NO4. The second-order valence-corrected chi connectivity index (χ2v) is 6.91. The first-order chi connectivity index (χ1) is 13.2. The maximum atomic E-state index is 13.9. The Bertz CT molecular complexity index is 773. The topological polar surface area (TPSA) is 70.8 Å². The summed E-state index contributed by atoms with van der Waals surface area (Å²) >= 11 is 0. The molecule has 2 aromatic rings. The molecule has 2 atom stereocenters. The van der Waals surface area contributed by atoms with Crippen molar-refractivity contribution < 1.29 is 27.8 Å². The van der Waals surface area contributed by atoms with Gasteiger partial charge in [0.15, 0.2) is 23.1 Å². The summed E-state index contributed by atoms with van der Waals surface area (Å²) in [6.07, 6.45) is 0.157. The molecule has 0 saturated heterocycles. The standard InChI is InChI=1S/C21H25F2NO4/c1-13(28-12-21(2,24)11-25)20(14-5-7-16(22)18(9-14)26-3)15-6-8-17(23)19(10-15)27-4/h5-11,13,20H,12,24H2,1-4H3/t13-,21-/m0/s1. The van der Waals surface area contributed by atoms with Crippen molar-refractivity contribution in [2.75, 3.05) is 20.8 Å². The van der Waals surface area contributed by atoms with Crippen LogP contribution in [-0.2, 0) is 9.53 Å². The predicted octanol–water partition coefficient (Wildman–Crippen LogP) is 3.44. The molecule has 0 fully saturated rings. The molecule has 152 valence electrons. The first-order valence-corrected chi connectivity index (χ1v) is 8.76. The van der Waals surface area contributed by atoms with Gasteiger partial charge in [0.1, 0.15) is 6.29 Å². The van der Waals surface area contributed by atoms with Gasteiger partial charge in [0.05, 0.1) is 32.5 Å². The number of carbonyl (C=O) groups is 1. The number of ether oxygens (including phenoxy) is 3. The molecule has 2 rings (SSSR count). The smallest absolute Gasteiger partial charge is 0.165 e. The maximum absolute atomic E-state index is 13.9. The third-order valence-electron chi connectivity index (χ3n) is 4.46. The molecule has 0 bridgehead atoms. The molecule has 0 heterocycles. The van der Waals surface area contributed by atoms with Crippen LogP contribution in [0.15, 0.2) is 36.4 Å². The molecule has 0 spiro atoms. The minimum absolute atomic E-state index is 0.00910. The van der Waals surface area contributed by atoms with E-state index in [1.165, 1.54) is 26.4 Å². The van der Waals surface area contributed by atoms with Crippen molar-refractivity contribution in [3.05, 3.63) is 59.2 Å². The minimum Gasteiger partial charge on any atom is -0.494 e. The second kappa shape index (κ2) is 9.12. The first-order valence-electron chi connectivity index (χ1n) is 8.76. The van der Waals surface area contributed by atoms with Crippen molar-refractivity contribution in [1.82, 2.24) is 0 Å². The number of halogens is 2. The molecule has 7 heteroatoms. The Hall–Kier alpha value is -2.51. The zero-order chi connectivity index (χ0) is 20.9. The zero-order valence-electron chi connectivity index (χ0n) is 16.4. The van der Waals surface area contributed by atoms with Crippen molar-refractivity contribution in [2.45, 2.75) is 31.4 Å². The fraction of sp³-hybridized carbons (Fsp3) is 0.381. The molecule has 0 aliphatic heterocycles. The second-order valence-electron chi connectivity index (χ2n) is 6.91. The molecule has 0 radical (unpaired) electrons. The molecule has 0 unspecified atom stereocenters. The zero-order valence-corrected chi connectivity index (χ0v) is 16.4. The van der Waals surface area contributed by atoms with E-state index < -0.39 is 29.2 Å². The van der Waals surface area contributed by atoms with Gasteiger partial charge >= 0.3 is 0 Å². The summed E-state index contributed by atoms with van der Waals surface area (Å²) in [7, 11) is 2.75. The average Bonchev–Trinajstić information content (AvgIpc) is 2.69. The minimum atomic E-state index is -1.14. The lowest BCUT2D eigenvalue weighted by Gasteiger charge is -2.28.